The molecule has 26 heavy (non-hydrogen) atoms. The highest BCUT2D eigenvalue weighted by molar-refractivity contribution is 5.78. The quantitative estimate of drug-likeness (QED) is 0.548. The largest absolute Gasteiger partial charge is 0.454 e. The molecule has 0 amide bonds. The first-order chi connectivity index (χ1) is 11.9. The van der Waals surface area contributed by atoms with E-state index in [9.17, 15) is 4.79 Å². The van der Waals surface area contributed by atoms with E-state index in [2.05, 4.69) is 72.7 Å². The zero-order valence-corrected chi connectivity index (χ0v) is 17.9. The van der Waals surface area contributed by atoms with Crippen LogP contribution < -0.4 is 0 Å². The van der Waals surface area contributed by atoms with Crippen molar-refractivity contribution in [1.82, 2.24) is 0 Å². The van der Waals surface area contributed by atoms with Crippen LogP contribution in [0.4, 0.5) is 0 Å². The van der Waals surface area contributed by atoms with E-state index in [-0.39, 0.29) is 16.8 Å². The Morgan fingerprint density at radius 3 is 1.92 bits per heavy atom. The van der Waals surface area contributed by atoms with E-state index in [0.717, 1.165) is 37.7 Å². The molecule has 1 aromatic carbocycles. The molecule has 2 heteroatoms. The number of rotatable bonds is 4. The summed E-state index contributed by atoms with van der Waals surface area (Å²) in [7, 11) is 0. The summed E-state index contributed by atoms with van der Waals surface area (Å²) >= 11 is 0. The van der Waals surface area contributed by atoms with Gasteiger partial charge >= 0.3 is 5.97 Å². The van der Waals surface area contributed by atoms with Gasteiger partial charge in [0, 0.05) is 0 Å². The van der Waals surface area contributed by atoms with Crippen molar-refractivity contribution in [2.75, 3.05) is 0 Å². The van der Waals surface area contributed by atoms with Gasteiger partial charge in [-0.15, -0.1) is 0 Å². The summed E-state index contributed by atoms with van der Waals surface area (Å²) in [5.74, 6) is -0.0364. The molecule has 1 saturated carbocycles. The van der Waals surface area contributed by atoms with E-state index >= 15 is 0 Å². The van der Waals surface area contributed by atoms with Crippen LogP contribution in [-0.4, -0.2) is 5.97 Å². The van der Waals surface area contributed by atoms with Gasteiger partial charge in [-0.25, -0.2) is 0 Å². The number of benzene rings is 1. The number of esters is 1. The van der Waals surface area contributed by atoms with Crippen LogP contribution in [0.2, 0.25) is 0 Å². The van der Waals surface area contributed by atoms with Crippen LogP contribution in [0.3, 0.4) is 0 Å². The average Bonchev–Trinajstić information content (AvgIpc) is 2.54. The number of hydrogen-bond acceptors (Lipinski definition) is 2. The Morgan fingerprint density at radius 2 is 1.46 bits per heavy atom. The number of carbonyl (C=O) groups excluding carboxylic acids is 1. The molecular formula is C24H38O2. The molecule has 1 aromatic rings. The SMILES string of the molecule is CC(C)(C)CC(C)(C(=O)OC1(c2ccccc2)CCCCC1)C(C)(C)C. The Balaban J connectivity index is 2.38. The maximum atomic E-state index is 13.6. The minimum absolute atomic E-state index is 0.0364. The van der Waals surface area contributed by atoms with Crippen molar-refractivity contribution in [3.63, 3.8) is 0 Å². The summed E-state index contributed by atoms with van der Waals surface area (Å²) in [6, 6.07) is 10.4. The maximum Gasteiger partial charge on any atom is 0.313 e. The fraction of sp³-hybridized carbons (Fsp3) is 0.708. The second-order valence-electron chi connectivity index (χ2n) is 10.6. The normalized spacial score (nSPS) is 20.3. The van der Waals surface area contributed by atoms with Gasteiger partial charge in [0.1, 0.15) is 5.60 Å². The lowest BCUT2D eigenvalue weighted by Gasteiger charge is -2.46. The lowest BCUT2D eigenvalue weighted by Crippen LogP contribution is -2.48. The lowest BCUT2D eigenvalue weighted by atomic mass is 9.61. The van der Waals surface area contributed by atoms with Gasteiger partial charge in [-0.05, 0) is 55.4 Å². The van der Waals surface area contributed by atoms with Crippen LogP contribution in [0.1, 0.15) is 92.6 Å². The highest BCUT2D eigenvalue weighted by Crippen LogP contribution is 2.50. The Morgan fingerprint density at radius 1 is 0.923 bits per heavy atom. The van der Waals surface area contributed by atoms with Crippen LogP contribution in [0.5, 0.6) is 0 Å². The first-order valence-corrected chi connectivity index (χ1v) is 10.2. The van der Waals surface area contributed by atoms with Gasteiger partial charge in [0.15, 0.2) is 0 Å². The minimum Gasteiger partial charge on any atom is -0.454 e. The average molecular weight is 359 g/mol. The predicted molar refractivity (Wildman–Crippen MR) is 109 cm³/mol. The zero-order valence-electron chi connectivity index (χ0n) is 17.9. The van der Waals surface area contributed by atoms with Crippen LogP contribution in [0.15, 0.2) is 30.3 Å². The minimum atomic E-state index is -0.523. The maximum absolute atomic E-state index is 13.6. The molecule has 146 valence electrons. The fourth-order valence-electron chi connectivity index (χ4n) is 4.31. The topological polar surface area (TPSA) is 26.3 Å². The smallest absolute Gasteiger partial charge is 0.313 e. The molecule has 0 bridgehead atoms. The second-order valence-corrected chi connectivity index (χ2v) is 10.6. The Labute approximate surface area is 160 Å². The monoisotopic (exact) mass is 358 g/mol. The first-order valence-electron chi connectivity index (χ1n) is 10.2. The van der Waals surface area contributed by atoms with Crippen molar-refractivity contribution in [3.8, 4) is 0 Å². The van der Waals surface area contributed by atoms with Crippen molar-refractivity contribution < 1.29 is 9.53 Å². The highest BCUT2D eigenvalue weighted by atomic mass is 16.6. The summed E-state index contributed by atoms with van der Waals surface area (Å²) in [4.78, 5) is 13.6. The van der Waals surface area contributed by atoms with E-state index in [1.165, 1.54) is 6.42 Å². The van der Waals surface area contributed by atoms with Crippen LogP contribution in [0.25, 0.3) is 0 Å². The van der Waals surface area contributed by atoms with Crippen LogP contribution in [0, 0.1) is 16.2 Å². The molecule has 0 saturated heterocycles. The Kier molecular flexibility index (Phi) is 5.95. The number of carbonyl (C=O) groups is 1. The molecule has 1 fully saturated rings. The number of hydrogen-bond donors (Lipinski definition) is 0. The van der Waals surface area contributed by atoms with Crippen molar-refractivity contribution in [3.05, 3.63) is 35.9 Å². The Hall–Kier alpha value is -1.31. The molecule has 0 heterocycles. The molecule has 0 aromatic heterocycles. The van der Waals surface area contributed by atoms with E-state index in [4.69, 9.17) is 4.74 Å². The molecule has 1 unspecified atom stereocenters. The zero-order chi connectivity index (χ0) is 19.6. The van der Waals surface area contributed by atoms with Crippen LogP contribution >= 0.6 is 0 Å². The first kappa shape index (κ1) is 21.0. The van der Waals surface area contributed by atoms with Gasteiger partial charge in [0.2, 0.25) is 0 Å². The highest BCUT2D eigenvalue weighted by Gasteiger charge is 2.50. The fourth-order valence-corrected chi connectivity index (χ4v) is 4.31. The summed E-state index contributed by atoms with van der Waals surface area (Å²) in [5.41, 5.74) is 0.0724. The van der Waals surface area contributed by atoms with Crippen molar-refractivity contribution >= 4 is 5.97 Å². The molecule has 2 rings (SSSR count). The van der Waals surface area contributed by atoms with Crippen molar-refractivity contribution in [2.45, 2.75) is 92.6 Å². The van der Waals surface area contributed by atoms with E-state index in [1.54, 1.807) is 0 Å². The van der Waals surface area contributed by atoms with Gasteiger partial charge in [-0.3, -0.25) is 4.79 Å². The third kappa shape index (κ3) is 4.50. The molecular weight excluding hydrogens is 320 g/mol. The van der Waals surface area contributed by atoms with Gasteiger partial charge in [-0.2, -0.15) is 0 Å². The standard InChI is InChI=1S/C24H38O2/c1-21(2,3)18-23(7,22(4,5)6)20(25)26-24(16-12-9-13-17-24)19-14-10-8-11-15-19/h8,10-11,14-15H,9,12-13,16-18H2,1-7H3. The summed E-state index contributed by atoms with van der Waals surface area (Å²) in [6.45, 7) is 15.2. The number of ether oxygens (including phenoxy) is 1. The van der Waals surface area contributed by atoms with Gasteiger partial charge < -0.3 is 4.74 Å². The summed E-state index contributed by atoms with van der Waals surface area (Å²) < 4.78 is 6.46. The molecule has 2 nitrogen and oxygen atoms in total. The molecule has 1 aliphatic rings. The van der Waals surface area contributed by atoms with Crippen molar-refractivity contribution in [2.24, 2.45) is 16.2 Å². The van der Waals surface area contributed by atoms with E-state index in [1.807, 2.05) is 6.07 Å². The van der Waals surface area contributed by atoms with Crippen molar-refractivity contribution in [1.29, 1.82) is 0 Å². The molecule has 1 aliphatic carbocycles. The van der Waals surface area contributed by atoms with E-state index in [0.29, 0.717) is 0 Å². The second kappa shape index (κ2) is 7.37. The summed E-state index contributed by atoms with van der Waals surface area (Å²) in [6.07, 6.45) is 6.14. The third-order valence-electron chi connectivity index (χ3n) is 6.24. The van der Waals surface area contributed by atoms with Crippen LogP contribution in [-0.2, 0) is 15.1 Å². The summed E-state index contributed by atoms with van der Waals surface area (Å²) in [5, 5.41) is 0. The van der Waals surface area contributed by atoms with Gasteiger partial charge in [0.05, 0.1) is 5.41 Å². The molecule has 0 spiro atoms. The lowest BCUT2D eigenvalue weighted by molar-refractivity contribution is -0.186. The predicted octanol–water partition coefficient (Wildman–Crippen LogP) is 6.88. The van der Waals surface area contributed by atoms with Gasteiger partial charge in [-0.1, -0.05) is 78.3 Å². The Bertz CT molecular complexity index is 597. The van der Waals surface area contributed by atoms with E-state index < -0.39 is 11.0 Å². The van der Waals surface area contributed by atoms with Gasteiger partial charge in [0.25, 0.3) is 0 Å². The molecule has 0 aliphatic heterocycles. The third-order valence-corrected chi connectivity index (χ3v) is 6.24. The molecule has 0 radical (unpaired) electrons. The molecule has 0 N–H and O–H groups in total. The molecule has 1 atom stereocenters.